The number of nitrogens with zero attached hydrogens (tertiary/aromatic N) is 2. The summed E-state index contributed by atoms with van der Waals surface area (Å²) in [5.41, 5.74) is 0.299. The van der Waals surface area contributed by atoms with Crippen LogP contribution in [0.4, 0.5) is 0 Å². The minimum Gasteiger partial charge on any atom is -0.380 e. The van der Waals surface area contributed by atoms with E-state index in [2.05, 4.69) is 36.0 Å². The maximum atomic E-state index is 5.30. The quantitative estimate of drug-likeness (QED) is 0.452. The van der Waals surface area contributed by atoms with Crippen molar-refractivity contribution in [3.05, 3.63) is 0 Å². The fourth-order valence-electron chi connectivity index (χ4n) is 3.06. The molecule has 0 aromatic rings. The topological polar surface area (TPSA) is 36.9 Å². The molecule has 0 aliphatic carbocycles. The molecule has 0 radical (unpaired) electrons. The van der Waals surface area contributed by atoms with Crippen LogP contribution in [0.5, 0.6) is 0 Å². The molecule has 2 aliphatic heterocycles. The highest BCUT2D eigenvalue weighted by atomic mass is 127. The van der Waals surface area contributed by atoms with Gasteiger partial charge in [0.25, 0.3) is 0 Å². The standard InChI is InChI=1S/C15H29N3O.HI/c1-12(2)7-13-5-6-18(8-13)14(16-4)17-9-15(3)10-19-11-15;/h12-13H,5-11H2,1-4H3,(H,16,17);1H. The Balaban J connectivity index is 0.00000200. The first kappa shape index (κ1) is 18.0. The first-order valence-corrected chi connectivity index (χ1v) is 7.56. The molecule has 0 saturated carbocycles. The van der Waals surface area contributed by atoms with Crippen LogP contribution in [0.3, 0.4) is 0 Å². The number of ether oxygens (including phenoxy) is 1. The van der Waals surface area contributed by atoms with E-state index in [-0.39, 0.29) is 24.0 Å². The Hall–Kier alpha value is -0.0400. The van der Waals surface area contributed by atoms with Crippen LogP contribution in [0.1, 0.15) is 33.6 Å². The zero-order valence-electron chi connectivity index (χ0n) is 13.3. The molecule has 1 atom stereocenters. The molecule has 5 heteroatoms. The van der Waals surface area contributed by atoms with Gasteiger partial charge in [-0.25, -0.2) is 0 Å². The molecule has 2 saturated heterocycles. The van der Waals surface area contributed by atoms with Crippen molar-refractivity contribution in [1.82, 2.24) is 10.2 Å². The van der Waals surface area contributed by atoms with Crippen molar-refractivity contribution >= 4 is 29.9 Å². The zero-order chi connectivity index (χ0) is 13.9. The maximum absolute atomic E-state index is 5.30. The molecule has 4 nitrogen and oxygen atoms in total. The first-order valence-electron chi connectivity index (χ1n) is 7.56. The highest BCUT2D eigenvalue weighted by molar-refractivity contribution is 14.0. The largest absolute Gasteiger partial charge is 0.380 e. The Morgan fingerprint density at radius 1 is 1.45 bits per heavy atom. The summed E-state index contributed by atoms with van der Waals surface area (Å²) in [6.45, 7) is 11.9. The Morgan fingerprint density at radius 2 is 2.15 bits per heavy atom. The molecule has 118 valence electrons. The summed E-state index contributed by atoms with van der Waals surface area (Å²) in [5.74, 6) is 2.70. The second-order valence-corrected chi connectivity index (χ2v) is 6.93. The monoisotopic (exact) mass is 395 g/mol. The van der Waals surface area contributed by atoms with Gasteiger partial charge in [-0.05, 0) is 24.7 Å². The minimum absolute atomic E-state index is 0. The van der Waals surface area contributed by atoms with E-state index >= 15 is 0 Å². The third kappa shape index (κ3) is 4.76. The van der Waals surface area contributed by atoms with Gasteiger partial charge in [-0.1, -0.05) is 20.8 Å². The van der Waals surface area contributed by atoms with E-state index in [4.69, 9.17) is 4.74 Å². The molecular weight excluding hydrogens is 365 g/mol. The SMILES string of the molecule is CN=C(NCC1(C)COC1)N1CCC(CC(C)C)C1.I. The van der Waals surface area contributed by atoms with Gasteiger partial charge in [-0.15, -0.1) is 24.0 Å². The lowest BCUT2D eigenvalue weighted by Gasteiger charge is -2.39. The van der Waals surface area contributed by atoms with Gasteiger partial charge in [0.2, 0.25) is 0 Å². The van der Waals surface area contributed by atoms with Crippen molar-refractivity contribution in [2.75, 3.05) is 39.9 Å². The van der Waals surface area contributed by atoms with Crippen LogP contribution >= 0.6 is 24.0 Å². The normalized spacial score (nSPS) is 25.4. The number of hydrogen-bond donors (Lipinski definition) is 1. The zero-order valence-corrected chi connectivity index (χ0v) is 15.6. The number of halogens is 1. The summed E-state index contributed by atoms with van der Waals surface area (Å²) in [5, 5.41) is 3.52. The molecule has 2 rings (SSSR count). The molecule has 1 N–H and O–H groups in total. The van der Waals surface area contributed by atoms with Gasteiger partial charge in [0.05, 0.1) is 13.2 Å². The molecule has 2 aliphatic rings. The van der Waals surface area contributed by atoms with Gasteiger partial charge < -0.3 is 15.0 Å². The molecule has 20 heavy (non-hydrogen) atoms. The van der Waals surface area contributed by atoms with E-state index in [9.17, 15) is 0 Å². The van der Waals surface area contributed by atoms with Crippen LogP contribution < -0.4 is 5.32 Å². The summed E-state index contributed by atoms with van der Waals surface area (Å²) in [6.07, 6.45) is 2.64. The molecule has 0 amide bonds. The third-order valence-corrected chi connectivity index (χ3v) is 4.18. The van der Waals surface area contributed by atoms with Gasteiger partial charge in [0, 0.05) is 32.1 Å². The highest BCUT2D eigenvalue weighted by Crippen LogP contribution is 2.26. The van der Waals surface area contributed by atoms with E-state index in [0.29, 0.717) is 5.41 Å². The van der Waals surface area contributed by atoms with Crippen LogP contribution in [-0.4, -0.2) is 50.8 Å². The van der Waals surface area contributed by atoms with Gasteiger partial charge in [-0.2, -0.15) is 0 Å². The average molecular weight is 395 g/mol. The van der Waals surface area contributed by atoms with E-state index in [1.165, 1.54) is 12.8 Å². The Labute approximate surface area is 140 Å². The van der Waals surface area contributed by atoms with Gasteiger partial charge in [-0.3, -0.25) is 4.99 Å². The van der Waals surface area contributed by atoms with Gasteiger partial charge in [0.15, 0.2) is 5.96 Å². The van der Waals surface area contributed by atoms with Crippen LogP contribution in [0.2, 0.25) is 0 Å². The fraction of sp³-hybridized carbons (Fsp3) is 0.933. The lowest BCUT2D eigenvalue weighted by atomic mass is 9.89. The number of hydrogen-bond acceptors (Lipinski definition) is 2. The third-order valence-electron chi connectivity index (χ3n) is 4.18. The van der Waals surface area contributed by atoms with Crippen LogP contribution in [0.15, 0.2) is 4.99 Å². The summed E-state index contributed by atoms with van der Waals surface area (Å²) < 4.78 is 5.30. The lowest BCUT2D eigenvalue weighted by molar-refractivity contribution is -0.0972. The average Bonchev–Trinajstić information content (AvgIpc) is 2.75. The molecule has 0 bridgehead atoms. The van der Waals surface area contributed by atoms with E-state index in [1.54, 1.807) is 0 Å². The molecule has 0 spiro atoms. The summed E-state index contributed by atoms with van der Waals surface area (Å²) in [4.78, 5) is 6.85. The molecule has 2 fully saturated rings. The Morgan fingerprint density at radius 3 is 2.65 bits per heavy atom. The van der Waals surface area contributed by atoms with Crippen LogP contribution in [0, 0.1) is 17.3 Å². The van der Waals surface area contributed by atoms with Crippen molar-refractivity contribution in [2.45, 2.75) is 33.6 Å². The molecule has 2 heterocycles. The van der Waals surface area contributed by atoms with Crippen LogP contribution in [-0.2, 0) is 4.74 Å². The van der Waals surface area contributed by atoms with E-state index in [1.807, 2.05) is 7.05 Å². The number of rotatable bonds is 4. The van der Waals surface area contributed by atoms with Crippen molar-refractivity contribution in [3.63, 3.8) is 0 Å². The number of likely N-dealkylation sites (tertiary alicyclic amines) is 1. The number of nitrogens with one attached hydrogen (secondary N) is 1. The summed E-state index contributed by atoms with van der Waals surface area (Å²) in [7, 11) is 1.89. The van der Waals surface area contributed by atoms with Crippen LogP contribution in [0.25, 0.3) is 0 Å². The van der Waals surface area contributed by atoms with Gasteiger partial charge >= 0.3 is 0 Å². The summed E-state index contributed by atoms with van der Waals surface area (Å²) in [6, 6.07) is 0. The molecule has 1 unspecified atom stereocenters. The van der Waals surface area contributed by atoms with Crippen molar-refractivity contribution in [3.8, 4) is 0 Å². The Kier molecular flexibility index (Phi) is 7.04. The number of aliphatic imine (C=N–C) groups is 1. The molecule has 0 aromatic carbocycles. The second kappa shape index (κ2) is 7.82. The summed E-state index contributed by atoms with van der Waals surface area (Å²) >= 11 is 0. The Bertz CT molecular complexity index is 329. The fourth-order valence-corrected chi connectivity index (χ4v) is 3.06. The van der Waals surface area contributed by atoms with Crippen molar-refractivity contribution in [2.24, 2.45) is 22.2 Å². The molecular formula is C15H30IN3O. The predicted octanol–water partition coefficient (Wildman–Crippen LogP) is 2.58. The smallest absolute Gasteiger partial charge is 0.193 e. The van der Waals surface area contributed by atoms with E-state index < -0.39 is 0 Å². The second-order valence-electron chi connectivity index (χ2n) is 6.93. The first-order chi connectivity index (χ1) is 9.02. The molecule has 0 aromatic heterocycles. The predicted molar refractivity (Wildman–Crippen MR) is 94.8 cm³/mol. The highest BCUT2D eigenvalue weighted by Gasteiger charge is 2.34. The van der Waals surface area contributed by atoms with E-state index in [0.717, 1.165) is 50.6 Å². The number of guanidine groups is 1. The van der Waals surface area contributed by atoms with Crippen molar-refractivity contribution in [1.29, 1.82) is 0 Å². The van der Waals surface area contributed by atoms with Crippen molar-refractivity contribution < 1.29 is 4.74 Å². The van der Waals surface area contributed by atoms with Gasteiger partial charge in [0.1, 0.15) is 0 Å². The minimum atomic E-state index is 0. The lowest BCUT2D eigenvalue weighted by Crippen LogP contribution is -2.51. The maximum Gasteiger partial charge on any atom is 0.193 e.